The van der Waals surface area contributed by atoms with Gasteiger partial charge in [0.15, 0.2) is 11.4 Å². The third-order valence-corrected chi connectivity index (χ3v) is 10.4. The van der Waals surface area contributed by atoms with E-state index in [1.165, 1.54) is 4.90 Å². The number of phenols is 1. The molecule has 4 atom stereocenters. The molecule has 0 aromatic heterocycles. The van der Waals surface area contributed by atoms with E-state index in [9.17, 15) is 34.8 Å². The first kappa shape index (κ1) is 32.7. The number of hydrogen-bond acceptors (Lipinski definition) is 11. The Balaban J connectivity index is 1.44. The summed E-state index contributed by atoms with van der Waals surface area (Å²) >= 11 is 0. The second-order valence-electron chi connectivity index (χ2n) is 13.8. The fraction of sp³-hybridized carbons (Fsp3) is 0.457. The van der Waals surface area contributed by atoms with E-state index in [0.29, 0.717) is 11.1 Å². The molecule has 12 heteroatoms. The van der Waals surface area contributed by atoms with Crippen LogP contribution >= 0.6 is 0 Å². The summed E-state index contributed by atoms with van der Waals surface area (Å²) in [5.41, 5.74) is 5.49. The van der Waals surface area contributed by atoms with Crippen molar-refractivity contribution in [3.63, 3.8) is 0 Å². The lowest BCUT2D eigenvalue weighted by molar-refractivity contribution is -0.153. The van der Waals surface area contributed by atoms with E-state index in [1.54, 1.807) is 14.1 Å². The Hall–Kier alpha value is -4.23. The number of rotatable bonds is 6. The largest absolute Gasteiger partial charge is 0.508 e. The van der Waals surface area contributed by atoms with Gasteiger partial charge in [0.1, 0.15) is 22.8 Å². The predicted octanol–water partition coefficient (Wildman–Crippen LogP) is 1.44. The molecule has 1 saturated carbocycles. The lowest BCUT2D eigenvalue weighted by Crippen LogP contribution is -2.65. The van der Waals surface area contributed by atoms with Crippen LogP contribution in [0, 0.1) is 11.8 Å². The van der Waals surface area contributed by atoms with Crippen molar-refractivity contribution in [2.24, 2.45) is 17.6 Å². The van der Waals surface area contributed by atoms with Crippen molar-refractivity contribution in [1.29, 1.82) is 0 Å². The second kappa shape index (κ2) is 11.8. The van der Waals surface area contributed by atoms with Gasteiger partial charge < -0.3 is 36.0 Å². The summed E-state index contributed by atoms with van der Waals surface area (Å²) in [5.74, 6) is -6.65. The number of anilines is 1. The zero-order valence-corrected chi connectivity index (χ0v) is 27.4. The summed E-state index contributed by atoms with van der Waals surface area (Å²) in [6.07, 6.45) is 0.260. The number of benzene rings is 2. The van der Waals surface area contributed by atoms with E-state index >= 15 is 0 Å². The van der Waals surface area contributed by atoms with Crippen LogP contribution in [0.15, 0.2) is 47.2 Å². The molecule has 6 rings (SSSR count). The van der Waals surface area contributed by atoms with Crippen LogP contribution in [-0.2, 0) is 27.3 Å². The average Bonchev–Trinajstić information content (AvgIpc) is 3.00. The van der Waals surface area contributed by atoms with Gasteiger partial charge in [0, 0.05) is 69.6 Å². The number of aromatic hydroxyl groups is 1. The van der Waals surface area contributed by atoms with Gasteiger partial charge in [0.05, 0.1) is 11.6 Å². The predicted molar refractivity (Wildman–Crippen MR) is 177 cm³/mol. The minimum absolute atomic E-state index is 0.0376. The van der Waals surface area contributed by atoms with Crippen LogP contribution in [0.5, 0.6) is 5.75 Å². The fourth-order valence-electron chi connectivity index (χ4n) is 7.96. The molecular weight excluding hydrogens is 602 g/mol. The molecule has 1 amide bonds. The summed E-state index contributed by atoms with van der Waals surface area (Å²) in [6, 6.07) is 8.63. The van der Waals surface area contributed by atoms with Crippen molar-refractivity contribution >= 4 is 28.9 Å². The quantitative estimate of drug-likeness (QED) is 0.288. The maximum absolute atomic E-state index is 14.3. The highest BCUT2D eigenvalue weighted by Crippen LogP contribution is 2.55. The highest BCUT2D eigenvalue weighted by Gasteiger charge is 2.64. The SMILES string of the molecule is CN1CCN(Cc2ccc(-c3cc(N(C)C)c4c(c3O)C(O)=C3C(=O)[C@@]5(O)C(O)=C(C(N)=O)C(=O)[C@@H](N(C)C)[C@@H]5C[C@H]3C4)cc2)CC1. The summed E-state index contributed by atoms with van der Waals surface area (Å²) in [5, 5.41) is 46.6. The Kier molecular flexibility index (Phi) is 8.20. The third-order valence-electron chi connectivity index (χ3n) is 10.4. The number of hydrogen-bond donors (Lipinski definition) is 5. The van der Waals surface area contributed by atoms with Crippen LogP contribution < -0.4 is 10.6 Å². The smallest absolute Gasteiger partial charge is 0.255 e. The highest BCUT2D eigenvalue weighted by molar-refractivity contribution is 6.24. The number of likely N-dealkylation sites (N-methyl/N-ethyl adjacent to an activating group) is 2. The van der Waals surface area contributed by atoms with Gasteiger partial charge in [-0.1, -0.05) is 24.3 Å². The average molecular weight is 646 g/mol. The summed E-state index contributed by atoms with van der Waals surface area (Å²) in [7, 11) is 8.99. The van der Waals surface area contributed by atoms with E-state index in [1.807, 2.05) is 49.3 Å². The van der Waals surface area contributed by atoms with Crippen LogP contribution in [0.3, 0.4) is 0 Å². The lowest BCUT2D eigenvalue weighted by atomic mass is 9.57. The molecule has 1 aliphatic heterocycles. The minimum Gasteiger partial charge on any atom is -0.508 e. The molecular formula is C35H43N5O7. The molecule has 1 heterocycles. The van der Waals surface area contributed by atoms with Gasteiger partial charge in [-0.15, -0.1) is 0 Å². The molecule has 2 aromatic rings. The maximum Gasteiger partial charge on any atom is 0.255 e. The van der Waals surface area contributed by atoms with E-state index in [4.69, 9.17) is 5.73 Å². The normalized spacial score (nSPS) is 26.7. The Labute approximate surface area is 274 Å². The molecule has 3 aliphatic carbocycles. The van der Waals surface area contributed by atoms with Crippen LogP contribution in [0.1, 0.15) is 23.1 Å². The first-order chi connectivity index (χ1) is 22.2. The van der Waals surface area contributed by atoms with Crippen molar-refractivity contribution < 1.29 is 34.8 Å². The van der Waals surface area contributed by atoms with Gasteiger partial charge in [-0.25, -0.2) is 0 Å². The Bertz CT molecular complexity index is 1720. The number of nitrogens with zero attached hydrogens (tertiary/aromatic N) is 4. The molecule has 12 nitrogen and oxygen atoms in total. The first-order valence-electron chi connectivity index (χ1n) is 15.9. The van der Waals surface area contributed by atoms with E-state index < -0.39 is 58.0 Å². The molecule has 0 spiro atoms. The molecule has 2 fully saturated rings. The van der Waals surface area contributed by atoms with Crippen LogP contribution in [0.2, 0.25) is 0 Å². The van der Waals surface area contributed by atoms with E-state index in [-0.39, 0.29) is 29.7 Å². The number of piperazine rings is 1. The molecule has 2 aromatic carbocycles. The van der Waals surface area contributed by atoms with Crippen molar-refractivity contribution in [3.05, 3.63) is 63.9 Å². The number of ketones is 2. The Morgan fingerprint density at radius 1 is 1.02 bits per heavy atom. The molecule has 0 radical (unpaired) electrons. The number of carbonyl (C=O) groups is 3. The number of aliphatic hydroxyl groups excluding tert-OH is 2. The van der Waals surface area contributed by atoms with Crippen LogP contribution in [0.4, 0.5) is 5.69 Å². The topological polar surface area (TPSA) is 171 Å². The molecule has 47 heavy (non-hydrogen) atoms. The van der Waals surface area contributed by atoms with Gasteiger partial charge >= 0.3 is 0 Å². The molecule has 6 N–H and O–H groups in total. The zero-order valence-electron chi connectivity index (χ0n) is 27.4. The monoisotopic (exact) mass is 645 g/mol. The molecule has 0 unspecified atom stereocenters. The summed E-state index contributed by atoms with van der Waals surface area (Å²) in [6.45, 7) is 4.83. The number of fused-ring (bicyclic) bond motifs is 3. The van der Waals surface area contributed by atoms with Crippen molar-refractivity contribution in [2.45, 2.75) is 31.0 Å². The molecule has 4 aliphatic rings. The minimum atomic E-state index is -2.68. The summed E-state index contributed by atoms with van der Waals surface area (Å²) < 4.78 is 0. The first-order valence-corrected chi connectivity index (χ1v) is 15.9. The number of aliphatic hydroxyl groups is 3. The fourth-order valence-corrected chi connectivity index (χ4v) is 7.96. The standard InChI is InChI=1S/C35H43N5O7/c1-37(2)24-16-21(19-8-6-18(7-9-19)17-40-12-10-39(5)11-13-40)29(41)26-22(24)14-20-15-23-28(38(3)4)31(43)27(34(36)46)33(45)35(23,47)32(44)25(20)30(26)42/h6-9,16,20,23,28,41-42,45,47H,10-15,17H2,1-5H3,(H2,36,46)/t20-,23+,28+,35-/m1/s1. The zero-order chi connectivity index (χ0) is 34.1. The number of amides is 1. The molecule has 1 saturated heterocycles. The van der Waals surface area contributed by atoms with Gasteiger partial charge in [-0.3, -0.25) is 24.2 Å². The van der Waals surface area contributed by atoms with Crippen molar-refractivity contribution in [3.8, 4) is 16.9 Å². The maximum atomic E-state index is 14.3. The number of Topliss-reactive ketones (excluding diaryl/α,β-unsaturated/α-hetero) is 2. The number of carbonyl (C=O) groups excluding carboxylic acids is 3. The second-order valence-corrected chi connectivity index (χ2v) is 13.8. The Morgan fingerprint density at radius 3 is 2.23 bits per heavy atom. The van der Waals surface area contributed by atoms with Gasteiger partial charge in [-0.05, 0) is 62.7 Å². The highest BCUT2D eigenvalue weighted by atomic mass is 16.3. The van der Waals surface area contributed by atoms with E-state index in [2.05, 4.69) is 16.8 Å². The third kappa shape index (κ3) is 5.10. The van der Waals surface area contributed by atoms with Gasteiger partial charge in [0.2, 0.25) is 5.78 Å². The molecule has 0 bridgehead atoms. The Morgan fingerprint density at radius 2 is 1.66 bits per heavy atom. The van der Waals surface area contributed by atoms with Gasteiger partial charge in [0.25, 0.3) is 5.91 Å². The van der Waals surface area contributed by atoms with Crippen LogP contribution in [0.25, 0.3) is 16.9 Å². The summed E-state index contributed by atoms with van der Waals surface area (Å²) in [4.78, 5) is 47.9. The van der Waals surface area contributed by atoms with E-state index in [0.717, 1.165) is 49.5 Å². The molecule has 250 valence electrons. The number of primary amides is 1. The lowest BCUT2D eigenvalue weighted by Gasteiger charge is -2.50. The van der Waals surface area contributed by atoms with Crippen molar-refractivity contribution in [1.82, 2.24) is 14.7 Å². The van der Waals surface area contributed by atoms with Gasteiger partial charge in [-0.2, -0.15) is 0 Å². The number of nitrogens with two attached hydrogens (primary N) is 1. The van der Waals surface area contributed by atoms with Crippen molar-refractivity contribution in [2.75, 3.05) is 66.3 Å². The van der Waals surface area contributed by atoms with Crippen LogP contribution in [-0.4, -0.2) is 126 Å². The number of phenolic OH excluding ortho intramolecular Hbond substituents is 1.